The quantitative estimate of drug-likeness (QED) is 0.898. The standard InChI is InChI=1S/C13H16BrFN2O/c1-13(4-5-16-8-13)12(18)17-7-9-6-10(14)2-3-11(9)15/h2-3,6,16H,4-5,7-8H2,1H3,(H,17,18). The minimum Gasteiger partial charge on any atom is -0.351 e. The van der Waals surface area contributed by atoms with Crippen molar-refractivity contribution >= 4 is 21.8 Å². The van der Waals surface area contributed by atoms with Gasteiger partial charge in [0, 0.05) is 23.1 Å². The summed E-state index contributed by atoms with van der Waals surface area (Å²) in [6.07, 6.45) is 0.819. The monoisotopic (exact) mass is 314 g/mol. The van der Waals surface area contributed by atoms with E-state index >= 15 is 0 Å². The molecule has 18 heavy (non-hydrogen) atoms. The van der Waals surface area contributed by atoms with Crippen LogP contribution in [0.15, 0.2) is 22.7 Å². The number of hydrogen-bond acceptors (Lipinski definition) is 2. The summed E-state index contributed by atoms with van der Waals surface area (Å²) in [6, 6.07) is 4.72. The van der Waals surface area contributed by atoms with E-state index in [4.69, 9.17) is 0 Å². The average molecular weight is 315 g/mol. The number of carbonyl (C=O) groups is 1. The zero-order valence-electron chi connectivity index (χ0n) is 10.2. The van der Waals surface area contributed by atoms with Crippen molar-refractivity contribution in [3.05, 3.63) is 34.1 Å². The Morgan fingerprint density at radius 2 is 2.39 bits per heavy atom. The number of halogens is 2. The van der Waals surface area contributed by atoms with E-state index in [0.717, 1.165) is 17.4 Å². The first-order chi connectivity index (χ1) is 8.51. The van der Waals surface area contributed by atoms with E-state index in [1.807, 2.05) is 6.92 Å². The molecule has 0 aliphatic carbocycles. The van der Waals surface area contributed by atoms with Crippen molar-refractivity contribution in [2.24, 2.45) is 5.41 Å². The van der Waals surface area contributed by atoms with Gasteiger partial charge in [-0.2, -0.15) is 0 Å². The van der Waals surface area contributed by atoms with Crippen molar-refractivity contribution in [2.75, 3.05) is 13.1 Å². The fourth-order valence-corrected chi connectivity index (χ4v) is 2.49. The molecule has 0 radical (unpaired) electrons. The second kappa shape index (κ2) is 5.36. The van der Waals surface area contributed by atoms with Crippen molar-refractivity contribution in [3.63, 3.8) is 0 Å². The fourth-order valence-electron chi connectivity index (χ4n) is 2.08. The van der Waals surface area contributed by atoms with E-state index in [1.54, 1.807) is 12.1 Å². The van der Waals surface area contributed by atoms with Crippen LogP contribution in [0.1, 0.15) is 18.9 Å². The van der Waals surface area contributed by atoms with E-state index < -0.39 is 0 Å². The van der Waals surface area contributed by atoms with Crippen LogP contribution in [0, 0.1) is 11.2 Å². The van der Waals surface area contributed by atoms with Crippen LogP contribution in [0.5, 0.6) is 0 Å². The summed E-state index contributed by atoms with van der Waals surface area (Å²) in [5.74, 6) is -0.319. The molecule has 2 N–H and O–H groups in total. The molecular formula is C13H16BrFN2O. The largest absolute Gasteiger partial charge is 0.351 e. The van der Waals surface area contributed by atoms with Crippen LogP contribution in [0.4, 0.5) is 4.39 Å². The first-order valence-electron chi connectivity index (χ1n) is 5.94. The Kier molecular flexibility index (Phi) is 4.02. The summed E-state index contributed by atoms with van der Waals surface area (Å²) in [5.41, 5.74) is 0.120. The topological polar surface area (TPSA) is 41.1 Å². The molecule has 1 heterocycles. The lowest BCUT2D eigenvalue weighted by molar-refractivity contribution is -0.129. The van der Waals surface area contributed by atoms with E-state index in [1.165, 1.54) is 6.07 Å². The number of amides is 1. The Hall–Kier alpha value is -0.940. The SMILES string of the molecule is CC1(C(=O)NCc2cc(Br)ccc2F)CCNC1. The molecule has 0 aromatic heterocycles. The number of carbonyl (C=O) groups excluding carboxylic acids is 1. The smallest absolute Gasteiger partial charge is 0.227 e. The molecule has 1 aromatic rings. The second-order valence-electron chi connectivity index (χ2n) is 4.91. The molecule has 0 bridgehead atoms. The summed E-state index contributed by atoms with van der Waals surface area (Å²) >= 11 is 3.29. The van der Waals surface area contributed by atoms with Gasteiger partial charge in [0.1, 0.15) is 5.82 Å². The van der Waals surface area contributed by atoms with Crippen LogP contribution in [0.3, 0.4) is 0 Å². The lowest BCUT2D eigenvalue weighted by atomic mass is 9.89. The third-order valence-corrected chi connectivity index (χ3v) is 3.86. The van der Waals surface area contributed by atoms with Crippen molar-refractivity contribution in [3.8, 4) is 0 Å². The molecule has 98 valence electrons. The molecule has 1 aliphatic heterocycles. The molecule has 1 fully saturated rings. The van der Waals surface area contributed by atoms with Crippen LogP contribution in [0.25, 0.3) is 0 Å². The molecule has 0 spiro atoms. The Bertz CT molecular complexity index is 458. The average Bonchev–Trinajstić information content (AvgIpc) is 2.78. The highest BCUT2D eigenvalue weighted by Crippen LogP contribution is 2.24. The van der Waals surface area contributed by atoms with Gasteiger partial charge in [-0.05, 0) is 38.1 Å². The van der Waals surface area contributed by atoms with E-state index in [9.17, 15) is 9.18 Å². The van der Waals surface area contributed by atoms with Gasteiger partial charge in [-0.1, -0.05) is 15.9 Å². The van der Waals surface area contributed by atoms with E-state index in [0.29, 0.717) is 12.1 Å². The number of rotatable bonds is 3. The summed E-state index contributed by atoms with van der Waals surface area (Å²) in [7, 11) is 0. The minimum absolute atomic E-state index is 0.0214. The predicted molar refractivity (Wildman–Crippen MR) is 71.5 cm³/mol. The number of nitrogens with one attached hydrogen (secondary N) is 2. The van der Waals surface area contributed by atoms with Crippen LogP contribution in [-0.2, 0) is 11.3 Å². The zero-order chi connectivity index (χ0) is 13.2. The second-order valence-corrected chi connectivity index (χ2v) is 5.82. The maximum atomic E-state index is 13.5. The van der Waals surface area contributed by atoms with Crippen molar-refractivity contribution in [1.29, 1.82) is 0 Å². The van der Waals surface area contributed by atoms with Crippen molar-refractivity contribution < 1.29 is 9.18 Å². The number of benzene rings is 1. The van der Waals surface area contributed by atoms with Gasteiger partial charge in [-0.25, -0.2) is 4.39 Å². The maximum absolute atomic E-state index is 13.5. The number of hydrogen-bond donors (Lipinski definition) is 2. The van der Waals surface area contributed by atoms with Crippen LogP contribution in [-0.4, -0.2) is 19.0 Å². The zero-order valence-corrected chi connectivity index (χ0v) is 11.8. The molecular weight excluding hydrogens is 299 g/mol. The van der Waals surface area contributed by atoms with Gasteiger partial charge in [0.2, 0.25) is 5.91 Å². The molecule has 1 aromatic carbocycles. The molecule has 1 unspecified atom stereocenters. The highest BCUT2D eigenvalue weighted by atomic mass is 79.9. The lowest BCUT2D eigenvalue weighted by Gasteiger charge is -2.21. The molecule has 0 saturated carbocycles. The van der Waals surface area contributed by atoms with Crippen molar-refractivity contribution in [2.45, 2.75) is 19.9 Å². The van der Waals surface area contributed by atoms with Gasteiger partial charge < -0.3 is 10.6 Å². The van der Waals surface area contributed by atoms with Crippen LogP contribution in [0.2, 0.25) is 0 Å². The van der Waals surface area contributed by atoms with Crippen molar-refractivity contribution in [1.82, 2.24) is 10.6 Å². The molecule has 1 atom stereocenters. The van der Waals surface area contributed by atoms with Gasteiger partial charge in [-0.15, -0.1) is 0 Å². The third-order valence-electron chi connectivity index (χ3n) is 3.36. The Balaban J connectivity index is 1.99. The summed E-state index contributed by atoms with van der Waals surface area (Å²) < 4.78 is 14.3. The van der Waals surface area contributed by atoms with E-state index in [2.05, 4.69) is 26.6 Å². The van der Waals surface area contributed by atoms with Gasteiger partial charge in [-0.3, -0.25) is 4.79 Å². The normalized spacial score (nSPS) is 23.1. The summed E-state index contributed by atoms with van der Waals surface area (Å²) in [4.78, 5) is 12.1. The first kappa shape index (κ1) is 13.5. The molecule has 1 saturated heterocycles. The van der Waals surface area contributed by atoms with Gasteiger partial charge in [0.25, 0.3) is 0 Å². The molecule has 1 aliphatic rings. The van der Waals surface area contributed by atoms with E-state index in [-0.39, 0.29) is 23.7 Å². The van der Waals surface area contributed by atoms with Gasteiger partial charge in [0.05, 0.1) is 5.41 Å². The van der Waals surface area contributed by atoms with Gasteiger partial charge in [0.15, 0.2) is 0 Å². The Morgan fingerprint density at radius 1 is 1.61 bits per heavy atom. The Morgan fingerprint density at radius 3 is 3.06 bits per heavy atom. The summed E-state index contributed by atoms with van der Waals surface area (Å²) in [5, 5.41) is 5.98. The summed E-state index contributed by atoms with van der Waals surface area (Å²) in [6.45, 7) is 3.69. The first-order valence-corrected chi connectivity index (χ1v) is 6.73. The van der Waals surface area contributed by atoms with Crippen LogP contribution < -0.4 is 10.6 Å². The van der Waals surface area contributed by atoms with Gasteiger partial charge >= 0.3 is 0 Å². The lowest BCUT2D eigenvalue weighted by Crippen LogP contribution is -2.40. The molecule has 2 rings (SSSR count). The minimum atomic E-state index is -0.373. The fraction of sp³-hybridized carbons (Fsp3) is 0.462. The third kappa shape index (κ3) is 2.90. The molecule has 3 nitrogen and oxygen atoms in total. The highest BCUT2D eigenvalue weighted by molar-refractivity contribution is 9.10. The molecule has 1 amide bonds. The van der Waals surface area contributed by atoms with Crippen LogP contribution >= 0.6 is 15.9 Å². The highest BCUT2D eigenvalue weighted by Gasteiger charge is 2.35. The maximum Gasteiger partial charge on any atom is 0.227 e. The predicted octanol–water partition coefficient (Wildman–Crippen LogP) is 2.20. The molecule has 5 heteroatoms. The Labute approximate surface area is 114 Å².